The van der Waals surface area contributed by atoms with E-state index in [2.05, 4.69) is 0 Å². The van der Waals surface area contributed by atoms with Crippen molar-refractivity contribution >= 4 is 29.3 Å². The molecule has 0 bridgehead atoms. The monoisotopic (exact) mass is 279 g/mol. The Morgan fingerprint density at radius 3 is 3.00 bits per heavy atom. The molecule has 4 nitrogen and oxygen atoms in total. The highest BCUT2D eigenvalue weighted by atomic mass is 32.1. The third-order valence-electron chi connectivity index (χ3n) is 3.35. The number of amides is 1. The average molecular weight is 279 g/mol. The van der Waals surface area contributed by atoms with Crippen LogP contribution in [0.1, 0.15) is 29.7 Å². The largest absolute Gasteiger partial charge is 0.481 e. The van der Waals surface area contributed by atoms with Gasteiger partial charge < -0.3 is 10.0 Å². The van der Waals surface area contributed by atoms with Gasteiger partial charge >= 0.3 is 5.97 Å². The molecule has 0 aliphatic carbocycles. The van der Waals surface area contributed by atoms with Crippen molar-refractivity contribution in [3.63, 3.8) is 0 Å². The van der Waals surface area contributed by atoms with Crippen LogP contribution in [-0.2, 0) is 9.59 Å². The number of carboxylic acids is 1. The molecule has 19 heavy (non-hydrogen) atoms. The van der Waals surface area contributed by atoms with Gasteiger partial charge in [0.05, 0.1) is 6.42 Å². The normalized spacial score (nSPS) is 19.2. The molecule has 1 N–H and O–H groups in total. The summed E-state index contributed by atoms with van der Waals surface area (Å²) >= 11 is 1.59. The number of aryl methyl sites for hydroxylation is 1. The van der Waals surface area contributed by atoms with Gasteiger partial charge in [0.1, 0.15) is 0 Å². The van der Waals surface area contributed by atoms with Gasteiger partial charge in [0, 0.05) is 23.5 Å². The molecule has 1 amide bonds. The molecule has 1 aliphatic rings. The molecule has 1 aliphatic heterocycles. The second-order valence-corrected chi connectivity index (χ2v) is 5.67. The number of hydrogen-bond acceptors (Lipinski definition) is 3. The molecule has 1 atom stereocenters. The van der Waals surface area contributed by atoms with Gasteiger partial charge in [-0.1, -0.05) is 0 Å². The number of rotatable bonds is 4. The van der Waals surface area contributed by atoms with Gasteiger partial charge in [-0.3, -0.25) is 9.59 Å². The van der Waals surface area contributed by atoms with Gasteiger partial charge in [0.25, 0.3) is 0 Å². The minimum Gasteiger partial charge on any atom is -0.481 e. The van der Waals surface area contributed by atoms with E-state index >= 15 is 0 Å². The summed E-state index contributed by atoms with van der Waals surface area (Å²) in [6.07, 6.45) is 5.08. The lowest BCUT2D eigenvalue weighted by atomic mass is 10.1. The molecule has 0 spiro atoms. The minimum atomic E-state index is -0.845. The van der Waals surface area contributed by atoms with Crippen LogP contribution in [-0.4, -0.2) is 34.5 Å². The molecular weight excluding hydrogens is 262 g/mol. The molecule has 0 aromatic carbocycles. The Labute approximate surface area is 116 Å². The van der Waals surface area contributed by atoms with Crippen molar-refractivity contribution in [3.8, 4) is 0 Å². The van der Waals surface area contributed by atoms with Crippen LogP contribution in [0.15, 0.2) is 17.5 Å². The smallest absolute Gasteiger partial charge is 0.305 e. The van der Waals surface area contributed by atoms with E-state index in [1.165, 1.54) is 0 Å². The first kappa shape index (κ1) is 13.8. The van der Waals surface area contributed by atoms with Crippen molar-refractivity contribution in [1.82, 2.24) is 4.90 Å². The van der Waals surface area contributed by atoms with Crippen molar-refractivity contribution < 1.29 is 14.7 Å². The molecule has 1 aromatic rings. The Hall–Kier alpha value is -1.62. The molecule has 1 saturated heterocycles. The highest BCUT2D eigenvalue weighted by Gasteiger charge is 2.29. The molecule has 1 aromatic heterocycles. The Kier molecular flexibility index (Phi) is 4.37. The van der Waals surface area contributed by atoms with Crippen LogP contribution in [0.2, 0.25) is 0 Å². The lowest BCUT2D eigenvalue weighted by Gasteiger charge is -2.21. The summed E-state index contributed by atoms with van der Waals surface area (Å²) in [4.78, 5) is 25.6. The number of carboxylic acid groups (broad SMARTS) is 1. The van der Waals surface area contributed by atoms with E-state index in [1.807, 2.05) is 24.4 Å². The molecule has 0 saturated carbocycles. The summed E-state index contributed by atoms with van der Waals surface area (Å²) in [6.45, 7) is 2.66. The number of likely N-dealkylation sites (tertiary alicyclic amines) is 1. The zero-order valence-corrected chi connectivity index (χ0v) is 11.7. The molecule has 2 rings (SSSR count). The summed E-state index contributed by atoms with van der Waals surface area (Å²) < 4.78 is 0. The van der Waals surface area contributed by atoms with E-state index in [9.17, 15) is 9.59 Å². The van der Waals surface area contributed by atoms with Crippen LogP contribution in [0.25, 0.3) is 6.08 Å². The molecule has 0 radical (unpaired) electrons. The van der Waals surface area contributed by atoms with Crippen LogP contribution >= 0.6 is 11.3 Å². The Bertz CT molecular complexity index is 507. The molecule has 1 fully saturated rings. The van der Waals surface area contributed by atoms with Gasteiger partial charge in [0.15, 0.2) is 0 Å². The maximum atomic E-state index is 12.1. The topological polar surface area (TPSA) is 57.6 Å². The number of carbonyl (C=O) groups excluding carboxylic acids is 1. The van der Waals surface area contributed by atoms with Gasteiger partial charge in [-0.2, -0.15) is 0 Å². The fourth-order valence-corrected chi connectivity index (χ4v) is 3.16. The Morgan fingerprint density at radius 2 is 2.37 bits per heavy atom. The van der Waals surface area contributed by atoms with Gasteiger partial charge in [0.2, 0.25) is 5.91 Å². The Morgan fingerprint density at radius 1 is 1.58 bits per heavy atom. The quantitative estimate of drug-likeness (QED) is 0.862. The highest BCUT2D eigenvalue weighted by molar-refractivity contribution is 7.11. The number of thiophene rings is 1. The van der Waals surface area contributed by atoms with Crippen molar-refractivity contribution in [2.75, 3.05) is 6.54 Å². The van der Waals surface area contributed by atoms with Crippen molar-refractivity contribution in [3.05, 3.63) is 28.0 Å². The summed E-state index contributed by atoms with van der Waals surface area (Å²) in [5.41, 5.74) is 1.15. The predicted octanol–water partition coefficient (Wildman–Crippen LogP) is 2.54. The molecule has 1 unspecified atom stereocenters. The summed E-state index contributed by atoms with van der Waals surface area (Å²) in [7, 11) is 0. The SMILES string of the molecule is Cc1ccsc1/C=C/C(=O)N1CCCC1CC(=O)O. The summed E-state index contributed by atoms with van der Waals surface area (Å²) in [5, 5.41) is 10.8. The zero-order valence-electron chi connectivity index (χ0n) is 10.8. The first-order valence-electron chi connectivity index (χ1n) is 6.32. The maximum Gasteiger partial charge on any atom is 0.305 e. The maximum absolute atomic E-state index is 12.1. The molecule has 2 heterocycles. The van der Waals surface area contributed by atoms with Gasteiger partial charge in [-0.05, 0) is 42.9 Å². The van der Waals surface area contributed by atoms with Crippen molar-refractivity contribution in [1.29, 1.82) is 0 Å². The van der Waals surface area contributed by atoms with Crippen LogP contribution in [0.4, 0.5) is 0 Å². The van der Waals surface area contributed by atoms with Crippen LogP contribution in [0.5, 0.6) is 0 Å². The number of hydrogen-bond donors (Lipinski definition) is 1. The first-order valence-corrected chi connectivity index (χ1v) is 7.20. The molecular formula is C14H17NO3S. The first-order chi connectivity index (χ1) is 9.08. The lowest BCUT2D eigenvalue weighted by molar-refractivity contribution is -0.139. The van der Waals surface area contributed by atoms with E-state index in [4.69, 9.17) is 5.11 Å². The average Bonchev–Trinajstić information content (AvgIpc) is 2.95. The fraction of sp³-hybridized carbons (Fsp3) is 0.429. The number of aliphatic carboxylic acids is 1. The third kappa shape index (κ3) is 3.44. The second-order valence-electron chi connectivity index (χ2n) is 4.73. The third-order valence-corrected chi connectivity index (χ3v) is 4.33. The highest BCUT2D eigenvalue weighted by Crippen LogP contribution is 2.22. The van der Waals surface area contributed by atoms with Gasteiger partial charge in [-0.25, -0.2) is 0 Å². The second kappa shape index (κ2) is 6.02. The van der Waals surface area contributed by atoms with Gasteiger partial charge in [-0.15, -0.1) is 11.3 Å². The summed E-state index contributed by atoms with van der Waals surface area (Å²) in [5.74, 6) is -0.931. The van der Waals surface area contributed by atoms with Crippen LogP contribution in [0, 0.1) is 6.92 Å². The van der Waals surface area contributed by atoms with Crippen molar-refractivity contribution in [2.45, 2.75) is 32.2 Å². The number of carbonyl (C=O) groups is 2. The van der Waals surface area contributed by atoms with Crippen LogP contribution < -0.4 is 0 Å². The van der Waals surface area contributed by atoms with Crippen LogP contribution in [0.3, 0.4) is 0 Å². The summed E-state index contributed by atoms with van der Waals surface area (Å²) in [6, 6.07) is 1.86. The van der Waals surface area contributed by atoms with E-state index in [0.717, 1.165) is 23.3 Å². The van der Waals surface area contributed by atoms with E-state index in [0.29, 0.717) is 6.54 Å². The lowest BCUT2D eigenvalue weighted by Crippen LogP contribution is -2.35. The van der Waals surface area contributed by atoms with E-state index < -0.39 is 5.97 Å². The predicted molar refractivity (Wildman–Crippen MR) is 75.1 cm³/mol. The van der Waals surface area contributed by atoms with E-state index in [-0.39, 0.29) is 18.4 Å². The van der Waals surface area contributed by atoms with E-state index in [1.54, 1.807) is 22.3 Å². The number of nitrogens with zero attached hydrogens (tertiary/aromatic N) is 1. The fourth-order valence-electron chi connectivity index (χ4n) is 2.34. The Balaban J connectivity index is 2.01. The standard InChI is InChI=1S/C14H17NO3S/c1-10-6-8-19-12(10)4-5-13(16)15-7-2-3-11(15)9-14(17)18/h4-6,8,11H,2-3,7,9H2,1H3,(H,17,18)/b5-4+. The van der Waals surface area contributed by atoms with Crippen molar-refractivity contribution in [2.24, 2.45) is 0 Å². The minimum absolute atomic E-state index is 0.0393. The zero-order chi connectivity index (χ0) is 13.8. The molecule has 102 valence electrons. The molecule has 5 heteroatoms.